The Bertz CT molecular complexity index is 401. The van der Waals surface area contributed by atoms with Crippen LogP contribution in [0.25, 0.3) is 0 Å². The molecule has 1 atom stereocenters. The highest BCUT2D eigenvalue weighted by Crippen LogP contribution is 2.29. The number of thioether (sulfide) groups is 1. The van der Waals surface area contributed by atoms with Gasteiger partial charge in [0.1, 0.15) is 6.04 Å². The van der Waals surface area contributed by atoms with Crippen LogP contribution >= 0.6 is 11.8 Å². The first-order valence-corrected chi connectivity index (χ1v) is 7.42. The second-order valence-electron chi connectivity index (χ2n) is 4.58. The van der Waals surface area contributed by atoms with E-state index in [1.807, 2.05) is 30.5 Å². The topological polar surface area (TPSA) is 38.3 Å². The van der Waals surface area contributed by atoms with Crippen molar-refractivity contribution in [2.75, 3.05) is 19.9 Å². The predicted molar refractivity (Wildman–Crippen MR) is 73.7 cm³/mol. The fourth-order valence-corrected chi connectivity index (χ4v) is 2.27. The van der Waals surface area contributed by atoms with Gasteiger partial charge in [-0.15, -0.1) is 11.8 Å². The second-order valence-corrected chi connectivity index (χ2v) is 5.46. The van der Waals surface area contributed by atoms with E-state index < -0.39 is 0 Å². The number of benzene rings is 1. The maximum Gasteiger partial charge on any atom is 0.327 e. The molecule has 1 unspecified atom stereocenters. The summed E-state index contributed by atoms with van der Waals surface area (Å²) in [6.07, 6.45) is 4.58. The van der Waals surface area contributed by atoms with Crippen LogP contribution in [0.15, 0.2) is 29.2 Å². The van der Waals surface area contributed by atoms with Gasteiger partial charge in [0.15, 0.2) is 0 Å². The van der Waals surface area contributed by atoms with Gasteiger partial charge in [0.2, 0.25) is 0 Å². The zero-order chi connectivity index (χ0) is 13.0. The molecule has 4 heteroatoms. The van der Waals surface area contributed by atoms with E-state index in [2.05, 4.69) is 5.32 Å². The number of methoxy groups -OCH3 is 1. The van der Waals surface area contributed by atoms with Crippen molar-refractivity contribution in [2.45, 2.75) is 23.8 Å². The molecule has 2 rings (SSSR count). The van der Waals surface area contributed by atoms with Crippen LogP contribution in [-0.4, -0.2) is 25.9 Å². The zero-order valence-corrected chi connectivity index (χ0v) is 11.6. The minimum Gasteiger partial charge on any atom is -0.468 e. The molecule has 1 aromatic carbocycles. The summed E-state index contributed by atoms with van der Waals surface area (Å²) in [5.74, 6) is 0.523. The van der Waals surface area contributed by atoms with Crippen LogP contribution in [0.2, 0.25) is 0 Å². The molecule has 0 aromatic heterocycles. The van der Waals surface area contributed by atoms with Crippen LogP contribution in [0.3, 0.4) is 0 Å². The Balaban J connectivity index is 2.06. The molecule has 1 aliphatic carbocycles. The van der Waals surface area contributed by atoms with Gasteiger partial charge >= 0.3 is 5.97 Å². The highest BCUT2D eigenvalue weighted by molar-refractivity contribution is 7.98. The first-order valence-electron chi connectivity index (χ1n) is 6.19. The summed E-state index contributed by atoms with van der Waals surface area (Å²) in [6.45, 7) is 0.893. The third kappa shape index (κ3) is 3.50. The molecule has 1 saturated carbocycles. The summed E-state index contributed by atoms with van der Waals surface area (Å²) in [4.78, 5) is 13.0. The molecule has 0 bridgehead atoms. The summed E-state index contributed by atoms with van der Waals surface area (Å²) in [5, 5.41) is 3.30. The Kier molecular flexibility index (Phi) is 4.66. The molecule has 1 aliphatic rings. The lowest BCUT2D eigenvalue weighted by atomic mass is 10.1. The fourth-order valence-electron chi connectivity index (χ4n) is 1.86. The van der Waals surface area contributed by atoms with E-state index in [9.17, 15) is 4.79 Å². The van der Waals surface area contributed by atoms with E-state index in [1.165, 1.54) is 24.8 Å². The van der Waals surface area contributed by atoms with Crippen molar-refractivity contribution in [2.24, 2.45) is 5.92 Å². The monoisotopic (exact) mass is 265 g/mol. The smallest absolute Gasteiger partial charge is 0.327 e. The van der Waals surface area contributed by atoms with Crippen LogP contribution in [0.5, 0.6) is 0 Å². The molecule has 1 N–H and O–H groups in total. The first kappa shape index (κ1) is 13.4. The molecule has 1 fully saturated rings. The SMILES string of the molecule is COC(=O)C(NCC1CC1)c1ccc(SC)cc1. The summed E-state index contributed by atoms with van der Waals surface area (Å²) in [7, 11) is 1.43. The summed E-state index contributed by atoms with van der Waals surface area (Å²) >= 11 is 1.70. The molecule has 0 aliphatic heterocycles. The number of ether oxygens (including phenoxy) is 1. The van der Waals surface area contributed by atoms with Gasteiger partial charge in [0.05, 0.1) is 7.11 Å². The number of hydrogen-bond donors (Lipinski definition) is 1. The molecule has 98 valence electrons. The molecule has 0 spiro atoms. The van der Waals surface area contributed by atoms with Crippen molar-refractivity contribution in [1.82, 2.24) is 5.32 Å². The maximum atomic E-state index is 11.8. The van der Waals surface area contributed by atoms with Crippen molar-refractivity contribution in [1.29, 1.82) is 0 Å². The van der Waals surface area contributed by atoms with Crippen LogP contribution in [-0.2, 0) is 9.53 Å². The van der Waals surface area contributed by atoms with E-state index in [-0.39, 0.29) is 12.0 Å². The van der Waals surface area contributed by atoms with E-state index in [0.717, 1.165) is 18.0 Å². The van der Waals surface area contributed by atoms with Crippen LogP contribution in [0.4, 0.5) is 0 Å². The summed E-state index contributed by atoms with van der Waals surface area (Å²) in [5.41, 5.74) is 0.973. The molecular weight excluding hydrogens is 246 g/mol. The molecule has 0 amide bonds. The third-order valence-corrected chi connectivity index (χ3v) is 3.94. The molecular formula is C14H19NO2S. The Hall–Kier alpha value is -1.00. The van der Waals surface area contributed by atoms with Gasteiger partial charge in [0, 0.05) is 4.90 Å². The largest absolute Gasteiger partial charge is 0.468 e. The lowest BCUT2D eigenvalue weighted by molar-refractivity contribution is -0.143. The summed E-state index contributed by atoms with van der Waals surface area (Å²) < 4.78 is 4.87. The number of rotatable bonds is 6. The van der Waals surface area contributed by atoms with Crippen molar-refractivity contribution < 1.29 is 9.53 Å². The average molecular weight is 265 g/mol. The normalized spacial score (nSPS) is 16.3. The zero-order valence-electron chi connectivity index (χ0n) is 10.8. The first-order chi connectivity index (χ1) is 8.74. The van der Waals surface area contributed by atoms with Gasteiger partial charge in [0.25, 0.3) is 0 Å². The van der Waals surface area contributed by atoms with Gasteiger partial charge in [-0.05, 0) is 49.3 Å². The molecule has 0 heterocycles. The number of carbonyl (C=O) groups excluding carboxylic acids is 1. The van der Waals surface area contributed by atoms with Gasteiger partial charge in [-0.3, -0.25) is 0 Å². The van der Waals surface area contributed by atoms with Crippen LogP contribution in [0.1, 0.15) is 24.4 Å². The van der Waals surface area contributed by atoms with E-state index in [0.29, 0.717) is 0 Å². The molecule has 18 heavy (non-hydrogen) atoms. The van der Waals surface area contributed by atoms with Crippen molar-refractivity contribution >= 4 is 17.7 Å². The standard InChI is InChI=1S/C14H19NO2S/c1-17-14(16)13(15-9-10-3-4-10)11-5-7-12(18-2)8-6-11/h5-8,10,13,15H,3-4,9H2,1-2H3. The van der Waals surface area contributed by atoms with Gasteiger partial charge < -0.3 is 10.1 Å². The highest BCUT2D eigenvalue weighted by Gasteiger charge is 2.26. The number of carbonyl (C=O) groups is 1. The fraction of sp³-hybridized carbons (Fsp3) is 0.500. The van der Waals surface area contributed by atoms with Gasteiger partial charge in [-0.25, -0.2) is 4.79 Å². The Labute approximate surface area is 112 Å². The minimum absolute atomic E-state index is 0.215. The number of nitrogens with one attached hydrogen (secondary N) is 1. The van der Waals surface area contributed by atoms with Crippen molar-refractivity contribution in [3.63, 3.8) is 0 Å². The third-order valence-electron chi connectivity index (χ3n) is 3.19. The second kappa shape index (κ2) is 6.25. The Morgan fingerprint density at radius 3 is 2.61 bits per heavy atom. The summed E-state index contributed by atoms with van der Waals surface area (Å²) in [6, 6.07) is 7.72. The Morgan fingerprint density at radius 2 is 2.11 bits per heavy atom. The number of esters is 1. The van der Waals surface area contributed by atoms with E-state index in [4.69, 9.17) is 4.74 Å². The lowest BCUT2D eigenvalue weighted by Crippen LogP contribution is -2.31. The van der Waals surface area contributed by atoms with E-state index in [1.54, 1.807) is 11.8 Å². The van der Waals surface area contributed by atoms with Crippen molar-refractivity contribution in [3.8, 4) is 0 Å². The predicted octanol–water partition coefficient (Wildman–Crippen LogP) is 2.62. The van der Waals surface area contributed by atoms with E-state index >= 15 is 0 Å². The van der Waals surface area contributed by atoms with Crippen LogP contribution < -0.4 is 5.32 Å². The molecule has 3 nitrogen and oxygen atoms in total. The average Bonchev–Trinajstić information content (AvgIpc) is 3.23. The molecule has 0 saturated heterocycles. The van der Waals surface area contributed by atoms with Crippen LogP contribution in [0, 0.1) is 5.92 Å². The van der Waals surface area contributed by atoms with Gasteiger partial charge in [-0.2, -0.15) is 0 Å². The minimum atomic E-state index is -0.341. The lowest BCUT2D eigenvalue weighted by Gasteiger charge is -2.17. The number of hydrogen-bond acceptors (Lipinski definition) is 4. The van der Waals surface area contributed by atoms with Crippen molar-refractivity contribution in [3.05, 3.63) is 29.8 Å². The van der Waals surface area contributed by atoms with Gasteiger partial charge in [-0.1, -0.05) is 12.1 Å². The molecule has 0 radical (unpaired) electrons. The maximum absolute atomic E-state index is 11.8. The Morgan fingerprint density at radius 1 is 1.44 bits per heavy atom. The highest BCUT2D eigenvalue weighted by atomic mass is 32.2. The molecule has 1 aromatic rings. The quantitative estimate of drug-likeness (QED) is 0.634.